The number of amidine groups is 1. The number of allylic oxidation sites excluding steroid dienone is 3. The third-order valence-corrected chi connectivity index (χ3v) is 12.1. The summed E-state index contributed by atoms with van der Waals surface area (Å²) in [6.07, 6.45) is 9.24. The van der Waals surface area contributed by atoms with Gasteiger partial charge in [0.15, 0.2) is 5.84 Å². The van der Waals surface area contributed by atoms with Gasteiger partial charge < -0.3 is 4.42 Å². The van der Waals surface area contributed by atoms with Gasteiger partial charge in [-0.1, -0.05) is 165 Å². The average molecular weight is 790 g/mol. The van der Waals surface area contributed by atoms with Crippen molar-refractivity contribution in [3.63, 3.8) is 0 Å². The van der Waals surface area contributed by atoms with Gasteiger partial charge >= 0.3 is 0 Å². The van der Waals surface area contributed by atoms with Crippen molar-refractivity contribution in [2.75, 3.05) is 0 Å². The lowest BCUT2D eigenvalue weighted by molar-refractivity contribution is 0.521. The zero-order chi connectivity index (χ0) is 41.0. The van der Waals surface area contributed by atoms with Gasteiger partial charge in [0.25, 0.3) is 0 Å². The number of nitrogens with zero attached hydrogens (tertiary/aromatic N) is 3. The molecule has 1 aromatic heterocycles. The normalized spacial score (nSPS) is 19.8. The summed E-state index contributed by atoms with van der Waals surface area (Å²) in [5.74, 6) is 1.01. The summed E-state index contributed by atoms with van der Waals surface area (Å²) in [7, 11) is 0. The minimum Gasteiger partial charge on any atom is -0.456 e. The maximum atomic E-state index is 6.39. The van der Waals surface area contributed by atoms with Crippen LogP contribution in [0.15, 0.2) is 214 Å². The van der Waals surface area contributed by atoms with E-state index in [0.29, 0.717) is 0 Å². The fourth-order valence-corrected chi connectivity index (χ4v) is 8.91. The van der Waals surface area contributed by atoms with E-state index in [1.807, 2.05) is 12.1 Å². The van der Waals surface area contributed by atoms with E-state index in [-0.39, 0.29) is 12.0 Å². The number of hydrogen-bond acceptors (Lipinski definition) is 4. The fourth-order valence-electron chi connectivity index (χ4n) is 8.91. The van der Waals surface area contributed by atoms with Gasteiger partial charge in [-0.15, -0.1) is 0 Å². The third kappa shape index (κ3) is 8.10. The Kier molecular flexibility index (Phi) is 10.7. The molecule has 0 bridgehead atoms. The molecule has 2 unspecified atom stereocenters. The molecule has 0 aliphatic carbocycles. The van der Waals surface area contributed by atoms with Gasteiger partial charge in [-0.25, -0.2) is 9.98 Å². The quantitative estimate of drug-likeness (QED) is 0.151. The fraction of sp³-hybridized carbons (Fsp3) is 0.140. The predicted molar refractivity (Wildman–Crippen MR) is 255 cm³/mol. The van der Waals surface area contributed by atoms with Gasteiger partial charge in [-0.05, 0) is 113 Å². The third-order valence-electron chi connectivity index (χ3n) is 12.1. The first-order valence-corrected chi connectivity index (χ1v) is 21.6. The zero-order valence-electron chi connectivity index (χ0n) is 34.4. The van der Waals surface area contributed by atoms with Gasteiger partial charge in [-0.3, -0.25) is 4.99 Å². The first kappa shape index (κ1) is 38.1. The van der Waals surface area contributed by atoms with Gasteiger partial charge in [0, 0.05) is 21.9 Å². The van der Waals surface area contributed by atoms with Crippen LogP contribution >= 0.6 is 0 Å². The van der Waals surface area contributed by atoms with E-state index in [2.05, 4.69) is 189 Å². The number of rotatable bonds is 8. The molecular formula is C57H47N3O. The monoisotopic (exact) mass is 789 g/mol. The molecule has 0 saturated heterocycles. The molecule has 2 aliphatic rings. The molecule has 4 heteroatoms. The lowest BCUT2D eigenvalue weighted by Crippen LogP contribution is -2.09. The van der Waals surface area contributed by atoms with Crippen LogP contribution < -0.4 is 0 Å². The van der Waals surface area contributed by atoms with Gasteiger partial charge in [0.2, 0.25) is 0 Å². The molecule has 0 fully saturated rings. The molecule has 2 atom stereocenters. The van der Waals surface area contributed by atoms with Crippen molar-refractivity contribution in [3.8, 4) is 11.1 Å². The van der Waals surface area contributed by atoms with Gasteiger partial charge in [0.1, 0.15) is 11.2 Å². The SMILES string of the molecule is CCC1CC(c2ccccc2)N=C(c2ccc3c(c2)oc2ccccc23)C=C1c1cccc(/C2=N/C(c3cccc(-c4ccccc4)c3)=N\C(c3ccccc3)=C/CCC2)c1. The first-order chi connectivity index (χ1) is 30.2. The minimum absolute atomic E-state index is 0.0138. The van der Waals surface area contributed by atoms with Crippen molar-refractivity contribution in [1.82, 2.24) is 0 Å². The van der Waals surface area contributed by atoms with E-state index < -0.39 is 0 Å². The second-order valence-corrected chi connectivity index (χ2v) is 16.1. The smallest absolute Gasteiger partial charge is 0.160 e. The van der Waals surface area contributed by atoms with E-state index in [4.69, 9.17) is 19.4 Å². The Morgan fingerprint density at radius 3 is 2.00 bits per heavy atom. The van der Waals surface area contributed by atoms with E-state index >= 15 is 0 Å². The van der Waals surface area contributed by atoms with Crippen LogP contribution in [-0.4, -0.2) is 17.3 Å². The highest BCUT2D eigenvalue weighted by molar-refractivity contribution is 6.16. The first-order valence-electron chi connectivity index (χ1n) is 21.6. The Hall–Kier alpha value is -7.17. The Morgan fingerprint density at radius 1 is 0.541 bits per heavy atom. The topological polar surface area (TPSA) is 50.2 Å². The second-order valence-electron chi connectivity index (χ2n) is 16.1. The van der Waals surface area contributed by atoms with Gasteiger partial charge in [0.05, 0.1) is 23.2 Å². The molecule has 0 amide bonds. The lowest BCUT2D eigenvalue weighted by atomic mass is 9.83. The maximum Gasteiger partial charge on any atom is 0.160 e. The summed E-state index contributed by atoms with van der Waals surface area (Å²) in [6, 6.07) is 64.3. The summed E-state index contributed by atoms with van der Waals surface area (Å²) < 4.78 is 6.39. The van der Waals surface area contributed by atoms with Gasteiger partial charge in [-0.2, -0.15) is 0 Å². The molecule has 3 heterocycles. The van der Waals surface area contributed by atoms with E-state index in [1.165, 1.54) is 22.3 Å². The van der Waals surface area contributed by atoms with Crippen LogP contribution in [0.3, 0.4) is 0 Å². The van der Waals surface area contributed by atoms with Crippen molar-refractivity contribution in [1.29, 1.82) is 0 Å². The van der Waals surface area contributed by atoms with Crippen molar-refractivity contribution < 1.29 is 4.42 Å². The highest BCUT2D eigenvalue weighted by Gasteiger charge is 2.26. The molecule has 4 nitrogen and oxygen atoms in total. The number of hydrogen-bond donors (Lipinski definition) is 0. The summed E-state index contributed by atoms with van der Waals surface area (Å²) in [5.41, 5.74) is 15.0. The number of para-hydroxylation sites is 1. The molecule has 2 aliphatic heterocycles. The minimum atomic E-state index is 0.0138. The van der Waals surface area contributed by atoms with E-state index in [0.717, 1.165) is 105 Å². The lowest BCUT2D eigenvalue weighted by Gasteiger charge is -2.22. The van der Waals surface area contributed by atoms with E-state index in [9.17, 15) is 0 Å². The molecule has 0 N–H and O–H groups in total. The van der Waals surface area contributed by atoms with Crippen LogP contribution in [0.25, 0.3) is 44.3 Å². The number of aliphatic imine (C=N–C) groups is 3. The Bertz CT molecular complexity index is 3010. The predicted octanol–water partition coefficient (Wildman–Crippen LogP) is 14.8. The number of fused-ring (bicyclic) bond motifs is 3. The summed E-state index contributed by atoms with van der Waals surface area (Å²) in [5, 5.41) is 2.25. The highest BCUT2D eigenvalue weighted by Crippen LogP contribution is 2.40. The number of benzene rings is 7. The molecule has 61 heavy (non-hydrogen) atoms. The van der Waals surface area contributed by atoms with Crippen molar-refractivity contribution in [3.05, 3.63) is 228 Å². The van der Waals surface area contributed by atoms with Crippen molar-refractivity contribution in [2.24, 2.45) is 20.9 Å². The van der Waals surface area contributed by atoms with Crippen LogP contribution in [0, 0.1) is 5.92 Å². The molecule has 0 saturated carbocycles. The molecule has 7 aromatic carbocycles. The number of furan rings is 1. The maximum absolute atomic E-state index is 6.39. The highest BCUT2D eigenvalue weighted by atomic mass is 16.3. The summed E-state index contributed by atoms with van der Waals surface area (Å²) >= 11 is 0. The van der Waals surface area contributed by atoms with Crippen LogP contribution in [0.2, 0.25) is 0 Å². The van der Waals surface area contributed by atoms with Crippen LogP contribution in [0.1, 0.15) is 78.5 Å². The molecular weight excluding hydrogens is 743 g/mol. The molecule has 0 radical (unpaired) electrons. The Labute approximate surface area is 358 Å². The average Bonchev–Trinajstić information content (AvgIpc) is 3.64. The van der Waals surface area contributed by atoms with E-state index in [1.54, 1.807) is 0 Å². The Balaban J connectivity index is 1.08. The van der Waals surface area contributed by atoms with Crippen LogP contribution in [-0.2, 0) is 0 Å². The van der Waals surface area contributed by atoms with Crippen molar-refractivity contribution in [2.45, 2.75) is 45.1 Å². The summed E-state index contributed by atoms with van der Waals surface area (Å²) in [4.78, 5) is 16.4. The molecule has 296 valence electrons. The molecule has 8 aromatic rings. The largest absolute Gasteiger partial charge is 0.456 e. The molecule has 10 rings (SSSR count). The zero-order valence-corrected chi connectivity index (χ0v) is 34.4. The second kappa shape index (κ2) is 17.2. The van der Waals surface area contributed by atoms with Crippen molar-refractivity contribution >= 4 is 50.5 Å². The summed E-state index contributed by atoms with van der Waals surface area (Å²) in [6.45, 7) is 2.31. The molecule has 0 spiro atoms. The standard InChI is InChI=1S/C57H47N3O/c1-2-39-36-53(42-22-10-5-11-23-42)58-54(46-32-33-49-48-28-12-15-31-55(48)61-56(49)37-46)38-50(39)44-25-17-26-45(35-44)52-30-14-13-29-51(41-20-8-4-9-21-41)59-57(60-52)47-27-16-24-43(34-47)40-18-6-3-7-19-40/h3-12,15-29,31-35,37-39,53H,2,13-14,30,36H2,1H3/b51-29-,59-57-,60-52+. The van der Waals surface area contributed by atoms with Crippen LogP contribution in [0.4, 0.5) is 0 Å². The Morgan fingerprint density at radius 2 is 1.20 bits per heavy atom. The van der Waals surface area contributed by atoms with Crippen LogP contribution in [0.5, 0.6) is 0 Å².